The summed E-state index contributed by atoms with van der Waals surface area (Å²) in [5.41, 5.74) is 0. The molecular formula is C21H46N2O5S. The molecule has 0 saturated carbocycles. The van der Waals surface area contributed by atoms with E-state index in [0.717, 1.165) is 12.8 Å². The molecule has 29 heavy (non-hydrogen) atoms. The SMILES string of the molecule is CCCCCCCCCCCNC(=O)C(CC)[N+](C)(C)CCC(C)S(=O)(=O)O.[OH-]. The van der Waals surface area contributed by atoms with Crippen LogP contribution in [0, 0.1) is 0 Å². The molecule has 0 aromatic rings. The number of nitrogens with one attached hydrogen (secondary N) is 1. The third kappa shape index (κ3) is 14.0. The molecule has 3 N–H and O–H groups in total. The molecule has 0 aromatic heterocycles. The van der Waals surface area contributed by atoms with Crippen molar-refractivity contribution < 1.29 is 27.7 Å². The molecule has 0 fully saturated rings. The monoisotopic (exact) mass is 438 g/mol. The minimum absolute atomic E-state index is 0. The molecule has 2 atom stereocenters. The van der Waals surface area contributed by atoms with Gasteiger partial charge in [0.1, 0.15) is 0 Å². The molecule has 0 saturated heterocycles. The van der Waals surface area contributed by atoms with Crippen molar-refractivity contribution in [2.75, 3.05) is 27.2 Å². The molecule has 0 aliphatic rings. The predicted molar refractivity (Wildman–Crippen MR) is 119 cm³/mol. The van der Waals surface area contributed by atoms with Gasteiger partial charge in [0.2, 0.25) is 0 Å². The number of carbonyl (C=O) groups excluding carboxylic acids is 1. The maximum atomic E-state index is 12.6. The fraction of sp³-hybridized carbons (Fsp3) is 0.952. The number of amides is 1. The topological polar surface area (TPSA) is 113 Å². The highest BCUT2D eigenvalue weighted by Gasteiger charge is 2.34. The van der Waals surface area contributed by atoms with E-state index < -0.39 is 15.4 Å². The minimum Gasteiger partial charge on any atom is -0.870 e. The Morgan fingerprint density at radius 1 is 0.966 bits per heavy atom. The van der Waals surface area contributed by atoms with Gasteiger partial charge in [-0.1, -0.05) is 65.2 Å². The summed E-state index contributed by atoms with van der Waals surface area (Å²) in [5, 5.41) is 2.24. The Morgan fingerprint density at radius 2 is 1.45 bits per heavy atom. The van der Waals surface area contributed by atoms with Crippen LogP contribution in [-0.4, -0.2) is 67.3 Å². The quantitative estimate of drug-likeness (QED) is 0.203. The van der Waals surface area contributed by atoms with E-state index in [1.807, 2.05) is 21.0 Å². The highest BCUT2D eigenvalue weighted by Crippen LogP contribution is 2.15. The van der Waals surface area contributed by atoms with E-state index in [1.54, 1.807) is 0 Å². The van der Waals surface area contributed by atoms with E-state index >= 15 is 0 Å². The van der Waals surface area contributed by atoms with Crippen molar-refractivity contribution in [1.29, 1.82) is 0 Å². The van der Waals surface area contributed by atoms with E-state index in [-0.39, 0.29) is 17.4 Å². The van der Waals surface area contributed by atoms with Gasteiger partial charge in [-0.3, -0.25) is 9.35 Å². The predicted octanol–water partition coefficient (Wildman–Crippen LogP) is 3.98. The van der Waals surface area contributed by atoms with Crippen molar-refractivity contribution in [3.05, 3.63) is 0 Å². The van der Waals surface area contributed by atoms with Gasteiger partial charge in [-0.2, -0.15) is 8.42 Å². The Morgan fingerprint density at radius 3 is 1.90 bits per heavy atom. The number of hydrogen-bond donors (Lipinski definition) is 2. The molecule has 2 unspecified atom stereocenters. The van der Waals surface area contributed by atoms with E-state index in [9.17, 15) is 13.2 Å². The summed E-state index contributed by atoms with van der Waals surface area (Å²) in [7, 11) is -0.126. The maximum absolute atomic E-state index is 12.6. The van der Waals surface area contributed by atoms with Crippen LogP contribution in [0.2, 0.25) is 0 Å². The van der Waals surface area contributed by atoms with Gasteiger partial charge in [0.15, 0.2) is 6.04 Å². The van der Waals surface area contributed by atoms with Gasteiger partial charge in [0, 0.05) is 19.4 Å². The molecule has 176 valence electrons. The second-order valence-electron chi connectivity index (χ2n) is 8.66. The molecule has 0 aliphatic heterocycles. The molecule has 0 bridgehead atoms. The molecule has 0 radical (unpaired) electrons. The zero-order valence-electron chi connectivity index (χ0n) is 19.3. The fourth-order valence-electron chi connectivity index (χ4n) is 3.58. The van der Waals surface area contributed by atoms with Crippen LogP contribution >= 0.6 is 0 Å². The molecule has 0 aliphatic carbocycles. The summed E-state index contributed by atoms with van der Waals surface area (Å²) in [5.74, 6) is 0.0339. The van der Waals surface area contributed by atoms with Gasteiger partial charge in [0.05, 0.1) is 25.9 Å². The second kappa shape index (κ2) is 16.1. The number of quaternary nitrogens is 1. The summed E-state index contributed by atoms with van der Waals surface area (Å²) >= 11 is 0. The number of likely N-dealkylation sites (N-methyl/N-ethyl adjacent to an activating group) is 1. The van der Waals surface area contributed by atoms with Crippen molar-refractivity contribution in [3.63, 3.8) is 0 Å². The number of nitrogens with zero attached hydrogens (tertiary/aromatic N) is 1. The second-order valence-corrected chi connectivity index (χ2v) is 10.5. The largest absolute Gasteiger partial charge is 0.870 e. The van der Waals surface area contributed by atoms with Gasteiger partial charge in [0.25, 0.3) is 16.0 Å². The molecule has 8 heteroatoms. The molecule has 7 nitrogen and oxygen atoms in total. The maximum Gasteiger partial charge on any atom is 0.278 e. The highest BCUT2D eigenvalue weighted by atomic mass is 32.2. The lowest BCUT2D eigenvalue weighted by atomic mass is 10.1. The van der Waals surface area contributed by atoms with E-state index in [0.29, 0.717) is 30.4 Å². The first-order chi connectivity index (χ1) is 13.1. The Hall–Kier alpha value is -0.700. The number of hydrogen-bond acceptors (Lipinski definition) is 4. The minimum atomic E-state index is -4.02. The van der Waals surface area contributed by atoms with Crippen molar-refractivity contribution in [2.45, 2.75) is 103 Å². The molecule has 0 spiro atoms. The zero-order valence-corrected chi connectivity index (χ0v) is 20.1. The lowest BCUT2D eigenvalue weighted by Crippen LogP contribution is -2.57. The number of unbranched alkanes of at least 4 members (excludes halogenated alkanes) is 8. The summed E-state index contributed by atoms with van der Waals surface area (Å²) in [4.78, 5) is 12.6. The smallest absolute Gasteiger partial charge is 0.278 e. The normalized spacial score (nSPS) is 14.1. The van der Waals surface area contributed by atoms with Crippen molar-refractivity contribution in [1.82, 2.24) is 5.32 Å². The summed E-state index contributed by atoms with van der Waals surface area (Å²) in [6.07, 6.45) is 12.3. The third-order valence-electron chi connectivity index (χ3n) is 5.73. The van der Waals surface area contributed by atoms with Gasteiger partial charge >= 0.3 is 0 Å². The summed E-state index contributed by atoms with van der Waals surface area (Å²) < 4.78 is 32.0. The van der Waals surface area contributed by atoms with Gasteiger partial charge in [-0.25, -0.2) is 0 Å². The van der Waals surface area contributed by atoms with Crippen LogP contribution in [0.15, 0.2) is 0 Å². The summed E-state index contributed by atoms with van der Waals surface area (Å²) in [6.45, 7) is 6.93. The summed E-state index contributed by atoms with van der Waals surface area (Å²) in [6, 6.07) is -0.216. The van der Waals surface area contributed by atoms with Crippen molar-refractivity contribution in [2.24, 2.45) is 0 Å². The van der Waals surface area contributed by atoms with Crippen LogP contribution in [-0.2, 0) is 14.9 Å². The molecule has 0 rings (SSSR count). The Balaban J connectivity index is 0. The highest BCUT2D eigenvalue weighted by molar-refractivity contribution is 7.86. The first kappa shape index (κ1) is 30.5. The first-order valence-electron chi connectivity index (χ1n) is 11.1. The van der Waals surface area contributed by atoms with Crippen molar-refractivity contribution >= 4 is 16.0 Å². The first-order valence-corrected chi connectivity index (χ1v) is 12.6. The van der Waals surface area contributed by atoms with Crippen LogP contribution in [0.1, 0.15) is 91.4 Å². The number of carbonyl (C=O) groups is 1. The average Bonchev–Trinajstić information content (AvgIpc) is 2.60. The Kier molecular flexibility index (Phi) is 16.9. The van der Waals surface area contributed by atoms with Gasteiger partial charge in [-0.05, 0) is 13.3 Å². The van der Waals surface area contributed by atoms with Crippen LogP contribution in [0.25, 0.3) is 0 Å². The van der Waals surface area contributed by atoms with Gasteiger partial charge < -0.3 is 15.3 Å². The molecular weight excluding hydrogens is 392 g/mol. The van der Waals surface area contributed by atoms with Gasteiger partial charge in [-0.15, -0.1) is 0 Å². The van der Waals surface area contributed by atoms with E-state index in [2.05, 4.69) is 12.2 Å². The number of rotatable bonds is 17. The lowest BCUT2D eigenvalue weighted by molar-refractivity contribution is -0.906. The molecule has 0 heterocycles. The van der Waals surface area contributed by atoms with E-state index in [4.69, 9.17) is 4.55 Å². The third-order valence-corrected chi connectivity index (χ3v) is 6.99. The fourth-order valence-corrected chi connectivity index (χ4v) is 3.98. The van der Waals surface area contributed by atoms with Crippen LogP contribution in [0.3, 0.4) is 0 Å². The molecule has 0 aromatic carbocycles. The molecule has 1 amide bonds. The van der Waals surface area contributed by atoms with E-state index in [1.165, 1.54) is 51.9 Å². The standard InChI is InChI=1S/C21H44N2O4S.H2O/c1-6-8-9-10-11-12-13-14-15-17-22-21(24)20(7-2)23(4,5)18-16-19(3)28(25,26)27;/h19-20H,6-18H2,1-5H3,(H-,22,24,25,26,27);1H2. The Labute approximate surface area is 179 Å². The van der Waals surface area contributed by atoms with Crippen LogP contribution < -0.4 is 5.32 Å². The van der Waals surface area contributed by atoms with Crippen molar-refractivity contribution in [3.8, 4) is 0 Å². The van der Waals surface area contributed by atoms with Crippen LogP contribution in [0.5, 0.6) is 0 Å². The lowest BCUT2D eigenvalue weighted by Gasteiger charge is -2.37. The Bertz CT molecular complexity index is 523. The van der Waals surface area contributed by atoms with Crippen LogP contribution in [0.4, 0.5) is 0 Å². The average molecular weight is 439 g/mol. The zero-order chi connectivity index (χ0) is 21.6.